The number of rotatable bonds is 8. The average molecular weight is 528 g/mol. The fourth-order valence-electron chi connectivity index (χ4n) is 3.82. The van der Waals surface area contributed by atoms with E-state index in [1.165, 1.54) is 0 Å². The van der Waals surface area contributed by atoms with E-state index < -0.39 is 22.6 Å². The van der Waals surface area contributed by atoms with Crippen molar-refractivity contribution in [1.29, 1.82) is 0 Å². The number of pyridine rings is 1. The van der Waals surface area contributed by atoms with Gasteiger partial charge in [0, 0.05) is 25.4 Å². The molecule has 0 fully saturated rings. The van der Waals surface area contributed by atoms with Crippen molar-refractivity contribution < 1.29 is 14.3 Å². The normalized spacial score (nSPS) is 11.1. The number of anilines is 5. The van der Waals surface area contributed by atoms with Gasteiger partial charge in [0.15, 0.2) is 0 Å². The van der Waals surface area contributed by atoms with Crippen LogP contribution in [0.25, 0.3) is 0 Å². The number of nitrogens with zero attached hydrogens (tertiary/aromatic N) is 2. The van der Waals surface area contributed by atoms with Crippen LogP contribution in [0.2, 0.25) is 0 Å². The van der Waals surface area contributed by atoms with Crippen LogP contribution in [0, 0.1) is 0 Å². The molecule has 0 radical (unpaired) electrons. The van der Waals surface area contributed by atoms with Crippen LogP contribution in [-0.4, -0.2) is 29.6 Å². The fraction of sp³-hybridized carbons (Fsp3) is 0.207. The number of aromatic nitrogens is 1. The molecule has 10 nitrogen and oxygen atoms in total. The Morgan fingerprint density at radius 2 is 1.56 bits per heavy atom. The lowest BCUT2D eigenvalue weighted by molar-refractivity contribution is 0.0635. The number of benzene rings is 2. The third kappa shape index (κ3) is 6.48. The fourth-order valence-corrected chi connectivity index (χ4v) is 3.82. The first-order chi connectivity index (χ1) is 18.5. The van der Waals surface area contributed by atoms with Gasteiger partial charge in [0.05, 0.1) is 23.3 Å². The number of para-hydroxylation sites is 2. The molecule has 0 aliphatic heterocycles. The minimum atomic E-state index is -0.659. The zero-order chi connectivity index (χ0) is 28.2. The predicted octanol–water partition coefficient (Wildman–Crippen LogP) is 4.66. The van der Waals surface area contributed by atoms with E-state index in [2.05, 4.69) is 20.9 Å². The van der Waals surface area contributed by atoms with Crippen molar-refractivity contribution >= 4 is 40.4 Å². The summed E-state index contributed by atoms with van der Waals surface area (Å²) in [7, 11) is 1.70. The summed E-state index contributed by atoms with van der Waals surface area (Å²) in [6, 6.07) is 17.2. The second-order valence-electron chi connectivity index (χ2n) is 9.83. The number of hydrogen-bond acceptors (Lipinski definition) is 8. The Balaban J connectivity index is 1.39. The molecule has 39 heavy (non-hydrogen) atoms. The molecule has 0 bridgehead atoms. The van der Waals surface area contributed by atoms with Crippen LogP contribution in [0.3, 0.4) is 0 Å². The van der Waals surface area contributed by atoms with E-state index in [-0.39, 0.29) is 23.8 Å². The van der Waals surface area contributed by atoms with E-state index in [9.17, 15) is 19.2 Å². The molecule has 2 amide bonds. The van der Waals surface area contributed by atoms with Crippen molar-refractivity contribution in [2.75, 3.05) is 27.9 Å². The standard InChI is InChI=1S/C29H29N5O5/c1-29(2,3)39-28(38)33-22-10-6-5-9-21(22)32-27(37)19-13-11-18(12-14-19)16-31-23-24(26(36)25(23)35)34(4)20-8-7-15-30-17-20/h5-15,17,31H,16H2,1-4H3,(H,32,37)(H,33,38). The quantitative estimate of drug-likeness (QED) is 0.282. The molecule has 3 N–H and O–H groups in total. The molecule has 10 heteroatoms. The van der Waals surface area contributed by atoms with Gasteiger partial charge >= 0.3 is 6.09 Å². The van der Waals surface area contributed by atoms with E-state index >= 15 is 0 Å². The van der Waals surface area contributed by atoms with Crippen molar-refractivity contribution in [2.24, 2.45) is 0 Å². The smallest absolute Gasteiger partial charge is 0.412 e. The Kier molecular flexibility index (Phi) is 7.75. The predicted molar refractivity (Wildman–Crippen MR) is 152 cm³/mol. The van der Waals surface area contributed by atoms with Crippen LogP contribution in [0.15, 0.2) is 82.6 Å². The summed E-state index contributed by atoms with van der Waals surface area (Å²) in [6.07, 6.45) is 2.61. The number of nitrogens with one attached hydrogen (secondary N) is 3. The van der Waals surface area contributed by atoms with Gasteiger partial charge in [0.25, 0.3) is 16.8 Å². The lowest BCUT2D eigenvalue weighted by Crippen LogP contribution is -2.39. The van der Waals surface area contributed by atoms with Gasteiger partial charge in [0.1, 0.15) is 17.0 Å². The van der Waals surface area contributed by atoms with Gasteiger partial charge in [-0.2, -0.15) is 0 Å². The second kappa shape index (κ2) is 11.2. The number of ether oxygens (including phenoxy) is 1. The van der Waals surface area contributed by atoms with Crippen LogP contribution in [-0.2, 0) is 11.3 Å². The van der Waals surface area contributed by atoms with Gasteiger partial charge in [-0.3, -0.25) is 24.7 Å². The minimum absolute atomic E-state index is 0.238. The van der Waals surface area contributed by atoms with Gasteiger partial charge in [0.2, 0.25) is 0 Å². The van der Waals surface area contributed by atoms with Gasteiger partial charge in [-0.1, -0.05) is 24.3 Å². The van der Waals surface area contributed by atoms with Crippen LogP contribution in [0.1, 0.15) is 36.7 Å². The Morgan fingerprint density at radius 3 is 2.18 bits per heavy atom. The zero-order valence-corrected chi connectivity index (χ0v) is 22.1. The summed E-state index contributed by atoms with van der Waals surface area (Å²) >= 11 is 0. The van der Waals surface area contributed by atoms with E-state index in [1.807, 2.05) is 0 Å². The second-order valence-corrected chi connectivity index (χ2v) is 9.83. The molecule has 0 saturated heterocycles. The Bertz CT molecular complexity index is 1550. The maximum atomic E-state index is 12.9. The molecular formula is C29H29N5O5. The number of carbonyl (C=O) groups excluding carboxylic acids is 2. The maximum Gasteiger partial charge on any atom is 0.412 e. The molecule has 1 aromatic heterocycles. The van der Waals surface area contributed by atoms with E-state index in [4.69, 9.17) is 4.74 Å². The molecular weight excluding hydrogens is 498 g/mol. The highest BCUT2D eigenvalue weighted by Crippen LogP contribution is 2.27. The third-order valence-corrected chi connectivity index (χ3v) is 5.75. The Labute approximate surface area is 225 Å². The molecule has 4 rings (SSSR count). The highest BCUT2D eigenvalue weighted by atomic mass is 16.6. The summed E-state index contributed by atoms with van der Waals surface area (Å²) in [6.45, 7) is 5.57. The van der Waals surface area contributed by atoms with Crippen molar-refractivity contribution in [3.8, 4) is 0 Å². The molecule has 1 heterocycles. The number of hydrogen-bond donors (Lipinski definition) is 3. The molecule has 200 valence electrons. The Morgan fingerprint density at radius 1 is 0.897 bits per heavy atom. The number of amides is 2. The van der Waals surface area contributed by atoms with Gasteiger partial charge < -0.3 is 20.3 Å². The highest BCUT2D eigenvalue weighted by molar-refractivity contribution is 6.06. The zero-order valence-electron chi connectivity index (χ0n) is 22.1. The van der Waals surface area contributed by atoms with Crippen LogP contribution < -0.4 is 31.7 Å². The molecule has 3 aromatic carbocycles. The van der Waals surface area contributed by atoms with Gasteiger partial charge in [-0.05, 0) is 62.7 Å². The monoisotopic (exact) mass is 527 g/mol. The lowest BCUT2D eigenvalue weighted by Gasteiger charge is -2.23. The molecule has 4 aromatic rings. The maximum absolute atomic E-state index is 12.9. The summed E-state index contributed by atoms with van der Waals surface area (Å²) in [4.78, 5) is 55.2. The highest BCUT2D eigenvalue weighted by Gasteiger charge is 2.25. The summed E-state index contributed by atoms with van der Waals surface area (Å²) < 4.78 is 5.29. The molecule has 0 unspecified atom stereocenters. The SMILES string of the molecule is CN(c1cccnc1)c1c(NCc2ccc(C(=O)Nc3ccccc3NC(=O)OC(C)(C)C)cc2)c(=O)c1=O. The third-order valence-electron chi connectivity index (χ3n) is 5.75. The number of carbonyl (C=O) groups is 2. The summed E-state index contributed by atoms with van der Waals surface area (Å²) in [5.74, 6) is -0.365. The first-order valence-corrected chi connectivity index (χ1v) is 12.2. The molecule has 0 atom stereocenters. The van der Waals surface area contributed by atoms with Crippen LogP contribution in [0.4, 0.5) is 33.2 Å². The van der Waals surface area contributed by atoms with Crippen LogP contribution in [0.5, 0.6) is 0 Å². The van der Waals surface area contributed by atoms with Crippen LogP contribution >= 0.6 is 0 Å². The van der Waals surface area contributed by atoms with E-state index in [1.54, 1.807) is 106 Å². The van der Waals surface area contributed by atoms with Crippen molar-refractivity contribution in [2.45, 2.75) is 32.9 Å². The lowest BCUT2D eigenvalue weighted by atomic mass is 10.1. The molecule has 0 aliphatic rings. The Hall–Kier alpha value is -4.99. The first-order valence-electron chi connectivity index (χ1n) is 12.2. The van der Waals surface area contributed by atoms with Crippen molar-refractivity contribution in [1.82, 2.24) is 4.98 Å². The average Bonchev–Trinajstić information content (AvgIpc) is 2.91. The molecule has 0 aliphatic carbocycles. The molecule has 0 saturated carbocycles. The summed E-state index contributed by atoms with van der Waals surface area (Å²) in [5, 5.41) is 8.50. The van der Waals surface area contributed by atoms with Gasteiger partial charge in [-0.15, -0.1) is 0 Å². The van der Waals surface area contributed by atoms with Gasteiger partial charge in [-0.25, -0.2) is 4.79 Å². The van der Waals surface area contributed by atoms with Crippen molar-refractivity contribution in [3.05, 3.63) is 105 Å². The van der Waals surface area contributed by atoms with E-state index in [0.717, 1.165) is 5.56 Å². The molecule has 0 spiro atoms. The topological polar surface area (TPSA) is 130 Å². The largest absolute Gasteiger partial charge is 0.444 e. The summed E-state index contributed by atoms with van der Waals surface area (Å²) in [5.41, 5.74) is 1.45. The van der Waals surface area contributed by atoms with E-state index in [0.29, 0.717) is 22.6 Å². The first kappa shape index (κ1) is 27.1. The minimum Gasteiger partial charge on any atom is -0.444 e. The van der Waals surface area contributed by atoms with Crippen molar-refractivity contribution in [3.63, 3.8) is 0 Å².